The van der Waals surface area contributed by atoms with Crippen molar-refractivity contribution in [2.45, 2.75) is 65.2 Å². The summed E-state index contributed by atoms with van der Waals surface area (Å²) in [6.45, 7) is 5.58. The minimum atomic E-state index is -0.138. The number of hydrogen-bond acceptors (Lipinski definition) is 4. The van der Waals surface area contributed by atoms with E-state index < -0.39 is 0 Å². The van der Waals surface area contributed by atoms with E-state index in [-0.39, 0.29) is 11.8 Å². The summed E-state index contributed by atoms with van der Waals surface area (Å²) in [5.74, 6) is -0.276. The molecule has 6 nitrogen and oxygen atoms in total. The topological polar surface area (TPSA) is 84.0 Å². The van der Waals surface area contributed by atoms with E-state index in [1.54, 1.807) is 0 Å². The Hall–Kier alpha value is -4.58. The molecule has 0 radical (unpaired) electrons. The van der Waals surface area contributed by atoms with Gasteiger partial charge in [-0.15, -0.1) is 0 Å². The average Bonchev–Trinajstić information content (AvgIpc) is 3.06. The molecule has 5 aromatic rings. The minimum Gasteiger partial charge on any atom is -0.352 e. The SMILES string of the molecule is CCCCCCNC(=O)c1cc(-c2ccccc2)nc2cc3nc(-c4ccccc4)cc(C(=O)NCCCCCC)c3cc12. The first-order chi connectivity index (χ1) is 21.6. The largest absolute Gasteiger partial charge is 0.352 e. The third-order valence-electron chi connectivity index (χ3n) is 8.00. The summed E-state index contributed by atoms with van der Waals surface area (Å²) in [6.07, 6.45) is 8.63. The van der Waals surface area contributed by atoms with Crippen molar-refractivity contribution in [1.29, 1.82) is 0 Å². The molecule has 0 fully saturated rings. The third-order valence-corrected chi connectivity index (χ3v) is 8.00. The van der Waals surface area contributed by atoms with E-state index in [1.165, 1.54) is 0 Å². The van der Waals surface area contributed by atoms with Gasteiger partial charge in [0.2, 0.25) is 0 Å². The molecule has 0 unspecified atom stereocenters. The van der Waals surface area contributed by atoms with Crippen LogP contribution in [0.4, 0.5) is 0 Å². The molecular formula is C38H42N4O2. The van der Waals surface area contributed by atoms with Gasteiger partial charge in [-0.2, -0.15) is 0 Å². The van der Waals surface area contributed by atoms with E-state index >= 15 is 0 Å². The Morgan fingerprint density at radius 2 is 0.977 bits per heavy atom. The molecule has 0 saturated heterocycles. The standard InChI is InChI=1S/C38H42N4O2/c1-3-5-7-15-21-39-37(43)31-24-33(27-17-11-9-12-18-27)41-35-26-36-30(23-29(31)35)32(38(44)40-22-16-8-6-4-2)25-34(42-36)28-19-13-10-14-20-28/h9-14,17-20,23-26H,3-8,15-16,21-22H2,1-2H3,(H,39,43)(H,40,44). The molecule has 6 heteroatoms. The summed E-state index contributed by atoms with van der Waals surface area (Å²) in [5.41, 5.74) is 5.72. The van der Waals surface area contributed by atoms with Gasteiger partial charge in [0.25, 0.3) is 11.8 Å². The number of unbranched alkanes of at least 4 members (excludes halogenated alkanes) is 6. The predicted octanol–water partition coefficient (Wildman–Crippen LogP) is 8.74. The van der Waals surface area contributed by atoms with Crippen molar-refractivity contribution in [2.24, 2.45) is 0 Å². The zero-order chi connectivity index (χ0) is 30.7. The fourth-order valence-corrected chi connectivity index (χ4v) is 5.53. The Bertz CT molecular complexity index is 1590. The van der Waals surface area contributed by atoms with E-state index in [4.69, 9.17) is 9.97 Å². The summed E-state index contributed by atoms with van der Waals surface area (Å²) in [6, 6.07) is 27.4. The molecule has 44 heavy (non-hydrogen) atoms. The van der Waals surface area contributed by atoms with Crippen molar-refractivity contribution < 1.29 is 9.59 Å². The lowest BCUT2D eigenvalue weighted by atomic mass is 9.98. The first kappa shape index (κ1) is 30.9. The molecule has 0 spiro atoms. The van der Waals surface area contributed by atoms with E-state index in [0.717, 1.165) is 73.9 Å². The van der Waals surface area contributed by atoms with Gasteiger partial charge in [0.15, 0.2) is 0 Å². The van der Waals surface area contributed by atoms with Gasteiger partial charge in [-0.05, 0) is 37.1 Å². The number of nitrogens with one attached hydrogen (secondary N) is 2. The number of fused-ring (bicyclic) bond motifs is 2. The molecule has 5 rings (SSSR count). The summed E-state index contributed by atoms with van der Waals surface area (Å²) < 4.78 is 0. The summed E-state index contributed by atoms with van der Waals surface area (Å²) in [5, 5.41) is 7.66. The summed E-state index contributed by atoms with van der Waals surface area (Å²) in [4.78, 5) is 37.3. The van der Waals surface area contributed by atoms with Crippen LogP contribution in [0.2, 0.25) is 0 Å². The van der Waals surface area contributed by atoms with Gasteiger partial charge in [0, 0.05) is 35.0 Å². The second-order valence-corrected chi connectivity index (χ2v) is 11.4. The highest BCUT2D eigenvalue weighted by molar-refractivity contribution is 6.14. The van der Waals surface area contributed by atoms with Crippen LogP contribution in [-0.4, -0.2) is 34.9 Å². The zero-order valence-corrected chi connectivity index (χ0v) is 25.9. The van der Waals surface area contributed by atoms with Crippen LogP contribution in [-0.2, 0) is 0 Å². The molecule has 0 aliphatic heterocycles. The molecule has 0 bridgehead atoms. The lowest BCUT2D eigenvalue weighted by Gasteiger charge is -2.14. The molecular weight excluding hydrogens is 544 g/mol. The molecule has 3 aromatic carbocycles. The highest BCUT2D eigenvalue weighted by Crippen LogP contribution is 2.32. The Morgan fingerprint density at radius 1 is 0.545 bits per heavy atom. The van der Waals surface area contributed by atoms with Gasteiger partial charge in [-0.3, -0.25) is 9.59 Å². The van der Waals surface area contributed by atoms with E-state index in [2.05, 4.69) is 24.5 Å². The van der Waals surface area contributed by atoms with Gasteiger partial charge in [-0.25, -0.2) is 9.97 Å². The van der Waals surface area contributed by atoms with Crippen LogP contribution in [0.1, 0.15) is 85.9 Å². The average molecular weight is 587 g/mol. The van der Waals surface area contributed by atoms with Crippen LogP contribution in [0.25, 0.3) is 44.3 Å². The molecule has 0 saturated carbocycles. The van der Waals surface area contributed by atoms with E-state index in [0.29, 0.717) is 46.0 Å². The first-order valence-corrected chi connectivity index (χ1v) is 16.1. The Morgan fingerprint density at radius 3 is 1.39 bits per heavy atom. The maximum atomic E-state index is 13.7. The van der Waals surface area contributed by atoms with Crippen molar-refractivity contribution in [3.63, 3.8) is 0 Å². The number of hydrogen-bond donors (Lipinski definition) is 2. The van der Waals surface area contributed by atoms with Gasteiger partial charge >= 0.3 is 0 Å². The van der Waals surface area contributed by atoms with Gasteiger partial charge in [-0.1, -0.05) is 113 Å². The maximum Gasteiger partial charge on any atom is 0.252 e. The fraction of sp³-hybridized carbons (Fsp3) is 0.316. The van der Waals surface area contributed by atoms with Gasteiger partial charge in [0.05, 0.1) is 33.5 Å². The van der Waals surface area contributed by atoms with Crippen LogP contribution < -0.4 is 10.6 Å². The van der Waals surface area contributed by atoms with Crippen molar-refractivity contribution in [3.8, 4) is 22.5 Å². The second kappa shape index (κ2) is 15.2. The number of rotatable bonds is 14. The lowest BCUT2D eigenvalue weighted by Crippen LogP contribution is -2.25. The van der Waals surface area contributed by atoms with E-state index in [1.807, 2.05) is 84.9 Å². The molecule has 2 aromatic heterocycles. The fourth-order valence-electron chi connectivity index (χ4n) is 5.53. The van der Waals surface area contributed by atoms with E-state index in [9.17, 15) is 9.59 Å². The summed E-state index contributed by atoms with van der Waals surface area (Å²) >= 11 is 0. The highest BCUT2D eigenvalue weighted by atomic mass is 16.2. The van der Waals surface area contributed by atoms with Crippen LogP contribution in [0.5, 0.6) is 0 Å². The second-order valence-electron chi connectivity index (χ2n) is 11.4. The van der Waals surface area contributed by atoms with Crippen LogP contribution in [0.15, 0.2) is 84.9 Å². The highest BCUT2D eigenvalue weighted by Gasteiger charge is 2.19. The smallest absolute Gasteiger partial charge is 0.252 e. The zero-order valence-electron chi connectivity index (χ0n) is 25.9. The van der Waals surface area contributed by atoms with Crippen molar-refractivity contribution in [2.75, 3.05) is 13.1 Å². The van der Waals surface area contributed by atoms with Crippen molar-refractivity contribution in [3.05, 3.63) is 96.1 Å². The normalized spacial score (nSPS) is 11.1. The number of pyridine rings is 2. The number of benzene rings is 3. The number of carbonyl (C=O) groups excluding carboxylic acids is 2. The molecule has 0 aliphatic carbocycles. The number of carbonyl (C=O) groups is 2. The van der Waals surface area contributed by atoms with Crippen LogP contribution in [0, 0.1) is 0 Å². The Balaban J connectivity index is 1.63. The van der Waals surface area contributed by atoms with Crippen LogP contribution >= 0.6 is 0 Å². The lowest BCUT2D eigenvalue weighted by molar-refractivity contribution is 0.0946. The third kappa shape index (κ3) is 7.49. The predicted molar refractivity (Wildman–Crippen MR) is 181 cm³/mol. The molecule has 2 heterocycles. The molecule has 0 atom stereocenters. The number of aromatic nitrogens is 2. The molecule has 2 N–H and O–H groups in total. The molecule has 0 aliphatic rings. The first-order valence-electron chi connectivity index (χ1n) is 16.1. The molecule has 2 amide bonds. The van der Waals surface area contributed by atoms with Gasteiger partial charge in [0.1, 0.15) is 0 Å². The van der Waals surface area contributed by atoms with Crippen molar-refractivity contribution >= 4 is 33.6 Å². The summed E-state index contributed by atoms with van der Waals surface area (Å²) in [7, 11) is 0. The van der Waals surface area contributed by atoms with Crippen molar-refractivity contribution in [1.82, 2.24) is 20.6 Å². The molecule has 226 valence electrons. The quantitative estimate of drug-likeness (QED) is 0.101. The van der Waals surface area contributed by atoms with Gasteiger partial charge < -0.3 is 10.6 Å². The monoisotopic (exact) mass is 586 g/mol. The minimum absolute atomic E-state index is 0.138. The maximum absolute atomic E-state index is 13.7. The number of nitrogens with zero attached hydrogens (tertiary/aromatic N) is 2. The van der Waals surface area contributed by atoms with Crippen LogP contribution in [0.3, 0.4) is 0 Å². The number of amides is 2. The Labute approximate surface area is 260 Å². The Kier molecular flexibility index (Phi) is 10.7.